The van der Waals surface area contributed by atoms with Crippen molar-refractivity contribution in [3.63, 3.8) is 0 Å². The number of amides is 2. The summed E-state index contributed by atoms with van der Waals surface area (Å²) in [5, 5.41) is 0.453. The van der Waals surface area contributed by atoms with Crippen molar-refractivity contribution in [2.24, 2.45) is 0 Å². The van der Waals surface area contributed by atoms with Crippen LogP contribution >= 0.6 is 0 Å². The number of carbonyl (C=O) groups is 3. The molecule has 2 amide bonds. The van der Waals surface area contributed by atoms with Crippen molar-refractivity contribution >= 4 is 27.8 Å². The van der Waals surface area contributed by atoms with Crippen LogP contribution in [0.2, 0.25) is 0 Å². The van der Waals surface area contributed by atoms with E-state index in [-0.39, 0.29) is 16.0 Å². The molecule has 8 nitrogen and oxygen atoms in total. The molecule has 0 fully saturated rings. The van der Waals surface area contributed by atoms with Crippen molar-refractivity contribution in [3.05, 3.63) is 65.2 Å². The fourth-order valence-electron chi connectivity index (χ4n) is 2.69. The molecule has 2 aromatic carbocycles. The lowest BCUT2D eigenvalue weighted by Crippen LogP contribution is -2.34. The molecule has 0 bridgehead atoms. The number of hydrogen-bond donors (Lipinski definition) is 0. The maximum atomic E-state index is 12.4. The molecule has 0 N–H and O–H groups in total. The van der Waals surface area contributed by atoms with Gasteiger partial charge in [-0.3, -0.25) is 9.59 Å². The summed E-state index contributed by atoms with van der Waals surface area (Å²) in [6.45, 7) is 1.54. The van der Waals surface area contributed by atoms with Gasteiger partial charge < -0.3 is 4.84 Å². The van der Waals surface area contributed by atoms with E-state index >= 15 is 0 Å². The van der Waals surface area contributed by atoms with Gasteiger partial charge >= 0.3 is 5.97 Å². The maximum Gasteiger partial charge on any atom is 0.340 e. The van der Waals surface area contributed by atoms with Gasteiger partial charge in [0.25, 0.3) is 11.8 Å². The zero-order valence-electron chi connectivity index (χ0n) is 15.4. The second kappa shape index (κ2) is 7.17. The van der Waals surface area contributed by atoms with Crippen molar-refractivity contribution < 1.29 is 27.6 Å². The first-order valence-electron chi connectivity index (χ1n) is 8.36. The summed E-state index contributed by atoms with van der Waals surface area (Å²) >= 11 is 0. The molecule has 0 aromatic heterocycles. The molecule has 0 spiro atoms. The fraction of sp³-hybridized carbons (Fsp3) is 0.211. The van der Waals surface area contributed by atoms with Crippen LogP contribution in [0.4, 0.5) is 0 Å². The molecule has 1 aliphatic heterocycles. The van der Waals surface area contributed by atoms with Crippen LogP contribution in [0.15, 0.2) is 53.4 Å². The third-order valence-electron chi connectivity index (χ3n) is 4.45. The summed E-state index contributed by atoms with van der Waals surface area (Å²) in [6, 6.07) is 11.9. The van der Waals surface area contributed by atoms with Gasteiger partial charge in [0, 0.05) is 14.1 Å². The van der Waals surface area contributed by atoms with Crippen LogP contribution in [0.3, 0.4) is 0 Å². The van der Waals surface area contributed by atoms with Gasteiger partial charge in [-0.1, -0.05) is 29.3 Å². The Hall–Kier alpha value is -3.04. The molecule has 3 rings (SSSR count). The van der Waals surface area contributed by atoms with E-state index in [1.54, 1.807) is 12.1 Å². The average molecular weight is 402 g/mol. The Morgan fingerprint density at radius 2 is 1.46 bits per heavy atom. The number of rotatable bonds is 5. The lowest BCUT2D eigenvalue weighted by atomic mass is 10.0. The minimum atomic E-state index is -3.58. The van der Waals surface area contributed by atoms with Gasteiger partial charge in [0.05, 0.1) is 21.9 Å². The second-order valence-corrected chi connectivity index (χ2v) is 8.59. The van der Waals surface area contributed by atoms with E-state index in [0.717, 1.165) is 4.31 Å². The zero-order valence-corrected chi connectivity index (χ0v) is 16.3. The number of benzene rings is 2. The smallest absolute Gasteiger partial charge is 0.329 e. The molecule has 2 aromatic rings. The van der Waals surface area contributed by atoms with Crippen LogP contribution in [-0.2, 0) is 19.7 Å². The number of sulfonamides is 1. The Balaban J connectivity index is 1.76. The number of carbonyl (C=O) groups excluding carboxylic acids is 3. The standard InChI is InChI=1S/C19H18N2O6S/c1-12(13-8-10-14(11-9-13)28(25,26)20(2)3)19(24)27-21-17(22)15-6-4-5-7-16(15)18(21)23/h4-12H,1-3H3. The molecule has 0 saturated carbocycles. The summed E-state index contributed by atoms with van der Waals surface area (Å²) < 4.78 is 25.3. The summed E-state index contributed by atoms with van der Waals surface area (Å²) in [5.41, 5.74) is 0.830. The molecular formula is C19H18N2O6S. The highest BCUT2D eigenvalue weighted by molar-refractivity contribution is 7.89. The lowest BCUT2D eigenvalue weighted by molar-refractivity contribution is -0.170. The van der Waals surface area contributed by atoms with Crippen LogP contribution in [0.5, 0.6) is 0 Å². The van der Waals surface area contributed by atoms with Gasteiger partial charge in [-0.2, -0.15) is 0 Å². The summed E-state index contributed by atoms with van der Waals surface area (Å²) in [7, 11) is -0.740. The van der Waals surface area contributed by atoms with Crippen LogP contribution in [0.25, 0.3) is 0 Å². The van der Waals surface area contributed by atoms with Crippen molar-refractivity contribution in [1.29, 1.82) is 0 Å². The normalized spacial score (nSPS) is 14.9. The van der Waals surface area contributed by atoms with Crippen molar-refractivity contribution in [2.75, 3.05) is 14.1 Å². The second-order valence-electron chi connectivity index (χ2n) is 6.44. The Bertz CT molecular complexity index is 1030. The Morgan fingerprint density at radius 1 is 0.964 bits per heavy atom. The highest BCUT2D eigenvalue weighted by Crippen LogP contribution is 2.25. The van der Waals surface area contributed by atoms with Crippen molar-refractivity contribution in [2.45, 2.75) is 17.7 Å². The van der Waals surface area contributed by atoms with Gasteiger partial charge in [0.15, 0.2) is 0 Å². The van der Waals surface area contributed by atoms with E-state index < -0.39 is 33.7 Å². The van der Waals surface area contributed by atoms with Crippen LogP contribution in [0, 0.1) is 0 Å². The molecular weight excluding hydrogens is 384 g/mol. The zero-order chi connectivity index (χ0) is 20.6. The predicted molar refractivity (Wildman–Crippen MR) is 98.8 cm³/mol. The van der Waals surface area contributed by atoms with Gasteiger partial charge in [0.2, 0.25) is 10.0 Å². The summed E-state index contributed by atoms with van der Waals surface area (Å²) in [5.74, 6) is -3.03. The Morgan fingerprint density at radius 3 is 1.93 bits per heavy atom. The highest BCUT2D eigenvalue weighted by Gasteiger charge is 2.39. The van der Waals surface area contributed by atoms with E-state index in [1.165, 1.54) is 57.4 Å². The fourth-order valence-corrected chi connectivity index (χ4v) is 3.60. The van der Waals surface area contributed by atoms with Gasteiger partial charge in [-0.25, -0.2) is 17.5 Å². The largest absolute Gasteiger partial charge is 0.340 e. The third-order valence-corrected chi connectivity index (χ3v) is 6.28. The third kappa shape index (κ3) is 3.30. The van der Waals surface area contributed by atoms with Crippen LogP contribution in [0.1, 0.15) is 39.1 Å². The molecule has 146 valence electrons. The Labute approximate surface area is 162 Å². The van der Waals surface area contributed by atoms with Crippen LogP contribution in [-0.4, -0.2) is 49.7 Å². The topological polar surface area (TPSA) is 101 Å². The molecule has 1 heterocycles. The first-order chi connectivity index (χ1) is 13.1. The molecule has 0 saturated heterocycles. The van der Waals surface area contributed by atoms with Gasteiger partial charge in [0.1, 0.15) is 0 Å². The highest BCUT2D eigenvalue weighted by atomic mass is 32.2. The maximum absolute atomic E-state index is 12.4. The van der Waals surface area contributed by atoms with Crippen molar-refractivity contribution in [3.8, 4) is 0 Å². The first-order valence-corrected chi connectivity index (χ1v) is 9.80. The van der Waals surface area contributed by atoms with E-state index in [4.69, 9.17) is 4.84 Å². The number of hydroxylamine groups is 2. The number of fused-ring (bicyclic) bond motifs is 1. The van der Waals surface area contributed by atoms with Crippen molar-refractivity contribution in [1.82, 2.24) is 9.37 Å². The van der Waals surface area contributed by atoms with E-state index in [9.17, 15) is 22.8 Å². The average Bonchev–Trinajstić information content (AvgIpc) is 2.92. The quantitative estimate of drug-likeness (QED) is 0.707. The molecule has 0 radical (unpaired) electrons. The molecule has 0 aliphatic carbocycles. The molecule has 1 aliphatic rings. The number of hydrogen-bond acceptors (Lipinski definition) is 6. The van der Waals surface area contributed by atoms with Gasteiger partial charge in [-0.05, 0) is 36.8 Å². The lowest BCUT2D eigenvalue weighted by Gasteiger charge is -2.17. The predicted octanol–water partition coefficient (Wildman–Crippen LogP) is 1.79. The minimum absolute atomic E-state index is 0.0853. The monoisotopic (exact) mass is 402 g/mol. The number of imide groups is 1. The van der Waals surface area contributed by atoms with Gasteiger partial charge in [-0.15, -0.1) is 0 Å². The Kier molecular flexibility index (Phi) is 5.05. The molecule has 28 heavy (non-hydrogen) atoms. The summed E-state index contributed by atoms with van der Waals surface area (Å²) in [4.78, 5) is 42.1. The van der Waals surface area contributed by atoms with E-state index in [0.29, 0.717) is 10.6 Å². The molecule has 1 atom stereocenters. The van der Waals surface area contributed by atoms with Crippen LogP contribution < -0.4 is 0 Å². The van der Waals surface area contributed by atoms with E-state index in [1.807, 2.05) is 0 Å². The van der Waals surface area contributed by atoms with E-state index in [2.05, 4.69) is 0 Å². The molecule has 1 unspecified atom stereocenters. The SMILES string of the molecule is CC(C(=O)ON1C(=O)c2ccccc2C1=O)c1ccc(S(=O)(=O)N(C)C)cc1. The molecule has 9 heteroatoms. The number of nitrogens with zero attached hydrogens (tertiary/aromatic N) is 2. The minimum Gasteiger partial charge on any atom is -0.329 e. The first kappa shape index (κ1) is 19.7. The summed E-state index contributed by atoms with van der Waals surface area (Å²) in [6.07, 6.45) is 0.